The predicted molar refractivity (Wildman–Crippen MR) is 117 cm³/mol. The van der Waals surface area contributed by atoms with Crippen LogP contribution in [0.2, 0.25) is 0 Å². The molecule has 1 unspecified atom stereocenters. The fourth-order valence-electron chi connectivity index (χ4n) is 3.32. The SMILES string of the molecule is CC(CN1Cc2ccccc2Cc2ccccc2C1)N(C)C.O=C(O)/C=C\C(=O)O. The van der Waals surface area contributed by atoms with Gasteiger partial charge in [-0.3, -0.25) is 4.90 Å². The first-order valence-corrected chi connectivity index (χ1v) is 9.92. The number of carboxylic acids is 2. The molecule has 0 spiro atoms. The van der Waals surface area contributed by atoms with E-state index in [1.165, 1.54) is 22.3 Å². The van der Waals surface area contributed by atoms with Crippen molar-refractivity contribution in [3.05, 3.63) is 82.9 Å². The third-order valence-corrected chi connectivity index (χ3v) is 5.18. The van der Waals surface area contributed by atoms with E-state index in [0.717, 1.165) is 26.1 Å². The average Bonchev–Trinajstić information content (AvgIpc) is 2.68. The lowest BCUT2D eigenvalue weighted by Gasteiger charge is -2.32. The Bertz CT molecular complexity index is 829. The molecule has 0 amide bonds. The molecule has 30 heavy (non-hydrogen) atoms. The summed E-state index contributed by atoms with van der Waals surface area (Å²) in [4.78, 5) is 24.0. The van der Waals surface area contributed by atoms with E-state index >= 15 is 0 Å². The van der Waals surface area contributed by atoms with E-state index in [2.05, 4.69) is 79.3 Å². The van der Waals surface area contributed by atoms with Crippen LogP contribution in [0.1, 0.15) is 29.2 Å². The van der Waals surface area contributed by atoms with Gasteiger partial charge in [0, 0.05) is 37.8 Å². The first-order valence-electron chi connectivity index (χ1n) is 9.92. The number of aliphatic carboxylic acids is 2. The summed E-state index contributed by atoms with van der Waals surface area (Å²) in [6, 6.07) is 18.4. The zero-order valence-electron chi connectivity index (χ0n) is 17.8. The number of carbonyl (C=O) groups is 2. The third-order valence-electron chi connectivity index (χ3n) is 5.18. The Morgan fingerprint density at radius 1 is 0.900 bits per heavy atom. The van der Waals surface area contributed by atoms with Gasteiger partial charge in [-0.05, 0) is 49.7 Å². The maximum atomic E-state index is 9.55. The van der Waals surface area contributed by atoms with Crippen molar-refractivity contribution in [2.45, 2.75) is 32.5 Å². The fraction of sp³-hybridized carbons (Fsp3) is 0.333. The monoisotopic (exact) mass is 410 g/mol. The molecular weight excluding hydrogens is 380 g/mol. The molecule has 1 aliphatic rings. The topological polar surface area (TPSA) is 81.1 Å². The van der Waals surface area contributed by atoms with Gasteiger partial charge in [0.2, 0.25) is 0 Å². The molecule has 0 saturated heterocycles. The number of likely N-dealkylation sites (N-methyl/N-ethyl adjacent to an activating group) is 1. The van der Waals surface area contributed by atoms with Gasteiger partial charge >= 0.3 is 11.9 Å². The van der Waals surface area contributed by atoms with E-state index in [1.807, 2.05) is 0 Å². The molecule has 0 aliphatic carbocycles. The number of hydrogen-bond acceptors (Lipinski definition) is 4. The highest BCUT2D eigenvalue weighted by Crippen LogP contribution is 2.24. The molecule has 0 bridgehead atoms. The van der Waals surface area contributed by atoms with Crippen LogP contribution in [0, 0.1) is 0 Å². The van der Waals surface area contributed by atoms with E-state index in [1.54, 1.807) is 0 Å². The van der Waals surface area contributed by atoms with Crippen LogP contribution in [0.4, 0.5) is 0 Å². The number of rotatable bonds is 5. The summed E-state index contributed by atoms with van der Waals surface area (Å²) in [6.45, 7) is 5.48. The summed E-state index contributed by atoms with van der Waals surface area (Å²) in [5.41, 5.74) is 5.89. The van der Waals surface area contributed by atoms with Crippen molar-refractivity contribution in [3.8, 4) is 0 Å². The van der Waals surface area contributed by atoms with Crippen molar-refractivity contribution < 1.29 is 19.8 Å². The van der Waals surface area contributed by atoms with Crippen LogP contribution in [0.3, 0.4) is 0 Å². The van der Waals surface area contributed by atoms with Crippen molar-refractivity contribution in [3.63, 3.8) is 0 Å². The van der Waals surface area contributed by atoms with E-state index in [9.17, 15) is 9.59 Å². The number of hydrogen-bond donors (Lipinski definition) is 2. The second-order valence-electron chi connectivity index (χ2n) is 7.71. The maximum Gasteiger partial charge on any atom is 0.328 e. The van der Waals surface area contributed by atoms with Crippen molar-refractivity contribution in [1.82, 2.24) is 9.80 Å². The molecule has 6 nitrogen and oxygen atoms in total. The summed E-state index contributed by atoms with van der Waals surface area (Å²) in [5, 5.41) is 15.6. The van der Waals surface area contributed by atoms with Crippen molar-refractivity contribution in [2.75, 3.05) is 20.6 Å². The van der Waals surface area contributed by atoms with Crippen LogP contribution in [0.25, 0.3) is 0 Å². The van der Waals surface area contributed by atoms with E-state index < -0.39 is 11.9 Å². The Balaban J connectivity index is 0.000000343. The number of carboxylic acid groups (broad SMARTS) is 2. The zero-order chi connectivity index (χ0) is 22.1. The highest BCUT2D eigenvalue weighted by Gasteiger charge is 2.18. The molecule has 1 atom stereocenters. The first kappa shape index (κ1) is 23.3. The maximum absolute atomic E-state index is 9.55. The summed E-state index contributed by atoms with van der Waals surface area (Å²) in [5.74, 6) is -2.51. The Morgan fingerprint density at radius 2 is 1.30 bits per heavy atom. The minimum atomic E-state index is -1.26. The van der Waals surface area contributed by atoms with Crippen molar-refractivity contribution in [1.29, 1.82) is 0 Å². The Kier molecular flexibility index (Phi) is 8.77. The smallest absolute Gasteiger partial charge is 0.328 e. The lowest BCUT2D eigenvalue weighted by molar-refractivity contribution is -0.134. The third kappa shape index (κ3) is 7.46. The minimum Gasteiger partial charge on any atom is -0.478 e. The standard InChI is InChI=1S/C20H26N2.C4H4O4/c1-16(21(2)3)13-22-14-19-10-6-4-8-17(19)12-18-9-5-7-11-20(18)15-22;5-3(6)1-2-4(7)8/h4-11,16H,12-15H2,1-3H3;1-2H,(H,5,6)(H,7,8)/b;2-1-. The van der Waals surface area contributed by atoms with Gasteiger partial charge in [-0.1, -0.05) is 48.5 Å². The van der Waals surface area contributed by atoms with Gasteiger partial charge in [0.1, 0.15) is 0 Å². The summed E-state index contributed by atoms with van der Waals surface area (Å²) in [7, 11) is 4.33. The Hall–Kier alpha value is -2.96. The molecule has 2 aromatic rings. The van der Waals surface area contributed by atoms with Gasteiger partial charge in [-0.25, -0.2) is 9.59 Å². The van der Waals surface area contributed by atoms with Crippen LogP contribution in [0.15, 0.2) is 60.7 Å². The van der Waals surface area contributed by atoms with E-state index in [0.29, 0.717) is 18.2 Å². The molecule has 0 aromatic heterocycles. The van der Waals surface area contributed by atoms with Crippen molar-refractivity contribution in [2.24, 2.45) is 0 Å². The van der Waals surface area contributed by atoms with Gasteiger partial charge < -0.3 is 15.1 Å². The van der Waals surface area contributed by atoms with Gasteiger partial charge in [0.05, 0.1) is 0 Å². The zero-order valence-corrected chi connectivity index (χ0v) is 17.8. The van der Waals surface area contributed by atoms with Gasteiger partial charge in [0.15, 0.2) is 0 Å². The van der Waals surface area contributed by atoms with Crippen LogP contribution in [-0.4, -0.2) is 58.6 Å². The molecule has 160 valence electrons. The van der Waals surface area contributed by atoms with Crippen LogP contribution in [0.5, 0.6) is 0 Å². The van der Waals surface area contributed by atoms with Gasteiger partial charge in [-0.2, -0.15) is 0 Å². The molecule has 1 aliphatic heterocycles. The van der Waals surface area contributed by atoms with Crippen LogP contribution >= 0.6 is 0 Å². The molecule has 2 aromatic carbocycles. The fourth-order valence-corrected chi connectivity index (χ4v) is 3.32. The number of nitrogens with zero attached hydrogens (tertiary/aromatic N) is 2. The molecule has 0 saturated carbocycles. The first-order chi connectivity index (χ1) is 14.3. The second kappa shape index (κ2) is 11.3. The Labute approximate surface area is 178 Å². The van der Waals surface area contributed by atoms with Gasteiger partial charge in [-0.15, -0.1) is 0 Å². The minimum absolute atomic E-state index is 0.554. The highest BCUT2D eigenvalue weighted by molar-refractivity contribution is 5.89. The molecule has 0 fully saturated rings. The lowest BCUT2D eigenvalue weighted by Crippen LogP contribution is -2.38. The number of fused-ring (bicyclic) bond motifs is 2. The molecule has 2 N–H and O–H groups in total. The molecule has 3 rings (SSSR count). The summed E-state index contributed by atoms with van der Waals surface area (Å²) in [6.07, 6.45) is 2.17. The van der Waals surface area contributed by atoms with Crippen molar-refractivity contribution >= 4 is 11.9 Å². The molecule has 1 heterocycles. The number of benzene rings is 2. The average molecular weight is 411 g/mol. The van der Waals surface area contributed by atoms with E-state index in [4.69, 9.17) is 10.2 Å². The summed E-state index contributed by atoms with van der Waals surface area (Å²) >= 11 is 0. The molecular formula is C24H30N2O4. The summed E-state index contributed by atoms with van der Waals surface area (Å²) < 4.78 is 0. The molecule has 0 radical (unpaired) electrons. The normalized spacial score (nSPS) is 14.7. The van der Waals surface area contributed by atoms with Crippen LogP contribution in [-0.2, 0) is 29.1 Å². The molecule has 6 heteroatoms. The Morgan fingerprint density at radius 3 is 1.67 bits per heavy atom. The van der Waals surface area contributed by atoms with E-state index in [-0.39, 0.29) is 0 Å². The lowest BCUT2D eigenvalue weighted by atomic mass is 9.93. The quantitative estimate of drug-likeness (QED) is 0.737. The largest absolute Gasteiger partial charge is 0.478 e. The second-order valence-corrected chi connectivity index (χ2v) is 7.71. The van der Waals surface area contributed by atoms with Gasteiger partial charge in [0.25, 0.3) is 0 Å². The van der Waals surface area contributed by atoms with Crippen LogP contribution < -0.4 is 0 Å². The highest BCUT2D eigenvalue weighted by atomic mass is 16.4. The predicted octanol–water partition coefficient (Wildman–Crippen LogP) is 3.25.